The SMILES string of the molecule is C[C@]12CC[C@H]3[C@@H](CC[C@H]4CCCC[C@@]43C)[C@@H]1CC(O[Si](C)(C)C)C2. The third-order valence-electron chi connectivity index (χ3n) is 8.83. The highest BCUT2D eigenvalue weighted by Crippen LogP contribution is 2.66. The molecular weight excluding hydrogens is 308 g/mol. The van der Waals surface area contributed by atoms with Crippen molar-refractivity contribution in [2.75, 3.05) is 0 Å². The van der Waals surface area contributed by atoms with Crippen LogP contribution in [0, 0.1) is 34.5 Å². The van der Waals surface area contributed by atoms with Crippen LogP contribution in [0.3, 0.4) is 0 Å². The van der Waals surface area contributed by atoms with Gasteiger partial charge >= 0.3 is 0 Å². The summed E-state index contributed by atoms with van der Waals surface area (Å²) in [5, 5.41) is 0. The number of rotatable bonds is 2. The van der Waals surface area contributed by atoms with Crippen molar-refractivity contribution in [1.29, 1.82) is 0 Å². The molecule has 4 fully saturated rings. The second-order valence-electron chi connectivity index (χ2n) is 11.4. The molecule has 138 valence electrons. The lowest BCUT2D eigenvalue weighted by molar-refractivity contribution is -0.103. The minimum absolute atomic E-state index is 0.572. The molecule has 1 unspecified atom stereocenters. The normalized spacial score (nSPS) is 51.6. The van der Waals surface area contributed by atoms with Crippen LogP contribution in [-0.4, -0.2) is 14.4 Å². The summed E-state index contributed by atoms with van der Waals surface area (Å²) in [4.78, 5) is 0. The maximum absolute atomic E-state index is 6.61. The van der Waals surface area contributed by atoms with Gasteiger partial charge in [-0.2, -0.15) is 0 Å². The van der Waals surface area contributed by atoms with Gasteiger partial charge in [0.25, 0.3) is 0 Å². The van der Waals surface area contributed by atoms with E-state index in [0.717, 1.165) is 23.7 Å². The van der Waals surface area contributed by atoms with Crippen molar-refractivity contribution >= 4 is 8.32 Å². The summed E-state index contributed by atoms with van der Waals surface area (Å²) in [5.41, 5.74) is 1.27. The van der Waals surface area contributed by atoms with Crippen molar-refractivity contribution in [3.63, 3.8) is 0 Å². The summed E-state index contributed by atoms with van der Waals surface area (Å²) in [7, 11) is -1.41. The Hall–Kier alpha value is 0.177. The van der Waals surface area contributed by atoms with Gasteiger partial charge in [-0.25, -0.2) is 0 Å². The molecule has 24 heavy (non-hydrogen) atoms. The first-order chi connectivity index (χ1) is 11.2. The van der Waals surface area contributed by atoms with Crippen LogP contribution in [-0.2, 0) is 4.43 Å². The Kier molecular flexibility index (Phi) is 4.28. The van der Waals surface area contributed by atoms with E-state index in [1.165, 1.54) is 64.2 Å². The zero-order chi connectivity index (χ0) is 17.2. The van der Waals surface area contributed by atoms with E-state index >= 15 is 0 Å². The molecule has 0 bridgehead atoms. The summed E-state index contributed by atoms with van der Waals surface area (Å²) < 4.78 is 6.61. The van der Waals surface area contributed by atoms with Gasteiger partial charge in [-0.05, 0) is 106 Å². The van der Waals surface area contributed by atoms with Crippen molar-refractivity contribution < 1.29 is 4.43 Å². The largest absolute Gasteiger partial charge is 0.415 e. The molecule has 4 aliphatic rings. The minimum atomic E-state index is -1.41. The van der Waals surface area contributed by atoms with E-state index in [4.69, 9.17) is 4.43 Å². The molecule has 0 saturated heterocycles. The zero-order valence-electron chi connectivity index (χ0n) is 16.9. The third-order valence-corrected chi connectivity index (χ3v) is 9.87. The highest BCUT2D eigenvalue weighted by Gasteiger charge is 2.58. The lowest BCUT2D eigenvalue weighted by Gasteiger charge is -2.60. The standard InChI is InChI=1S/C22H40OSi/c1-21-13-11-19-18(10-9-16-8-6-7-12-22(16,19)2)20(21)14-17(15-21)23-24(3,4)5/h16-20H,6-15H2,1-5H3/t16-,17?,18-,19+,20+,21-,22+/m1/s1. The molecule has 0 aromatic rings. The highest BCUT2D eigenvalue weighted by molar-refractivity contribution is 6.69. The van der Waals surface area contributed by atoms with Gasteiger partial charge in [0.2, 0.25) is 0 Å². The fourth-order valence-corrected chi connectivity index (χ4v) is 9.06. The van der Waals surface area contributed by atoms with Gasteiger partial charge in [-0.3, -0.25) is 0 Å². The molecule has 0 heterocycles. The second kappa shape index (κ2) is 5.84. The predicted octanol–water partition coefficient (Wildman–Crippen LogP) is 6.64. The first-order valence-electron chi connectivity index (χ1n) is 10.9. The van der Waals surface area contributed by atoms with Crippen LogP contribution in [0.25, 0.3) is 0 Å². The summed E-state index contributed by atoms with van der Waals surface area (Å²) in [6.45, 7) is 12.4. The third kappa shape index (κ3) is 2.84. The van der Waals surface area contributed by atoms with Crippen molar-refractivity contribution in [2.24, 2.45) is 34.5 Å². The highest BCUT2D eigenvalue weighted by atomic mass is 28.4. The Bertz CT molecular complexity index is 483. The molecule has 1 nitrogen and oxygen atoms in total. The van der Waals surface area contributed by atoms with Crippen LogP contribution in [0.5, 0.6) is 0 Å². The van der Waals surface area contributed by atoms with Crippen molar-refractivity contribution in [3.05, 3.63) is 0 Å². The molecule has 0 aliphatic heterocycles. The van der Waals surface area contributed by atoms with Crippen LogP contribution in [0.1, 0.15) is 78.1 Å². The molecule has 0 aromatic carbocycles. The average molecular weight is 349 g/mol. The monoisotopic (exact) mass is 348 g/mol. The van der Waals surface area contributed by atoms with Gasteiger partial charge in [0.05, 0.1) is 0 Å². The first kappa shape index (κ1) is 17.6. The van der Waals surface area contributed by atoms with Crippen LogP contribution in [0.4, 0.5) is 0 Å². The number of fused-ring (bicyclic) bond motifs is 5. The molecule has 2 heteroatoms. The summed E-state index contributed by atoms with van der Waals surface area (Å²) in [6.07, 6.45) is 15.4. The van der Waals surface area contributed by atoms with Gasteiger partial charge in [0.15, 0.2) is 8.32 Å². The smallest absolute Gasteiger partial charge is 0.184 e. The molecule has 0 aromatic heterocycles. The van der Waals surface area contributed by atoms with E-state index in [0.29, 0.717) is 16.9 Å². The number of hydrogen-bond acceptors (Lipinski definition) is 1. The Morgan fingerprint density at radius 3 is 2.42 bits per heavy atom. The lowest BCUT2D eigenvalue weighted by Crippen LogP contribution is -2.51. The summed E-state index contributed by atoms with van der Waals surface area (Å²) in [6, 6.07) is 0. The van der Waals surface area contributed by atoms with Crippen LogP contribution < -0.4 is 0 Å². The van der Waals surface area contributed by atoms with Gasteiger partial charge < -0.3 is 4.43 Å². The summed E-state index contributed by atoms with van der Waals surface area (Å²) in [5.74, 6) is 4.04. The fourth-order valence-electron chi connectivity index (χ4n) is 7.88. The van der Waals surface area contributed by atoms with E-state index in [1.807, 2.05) is 0 Å². The van der Waals surface area contributed by atoms with Crippen LogP contribution >= 0.6 is 0 Å². The predicted molar refractivity (Wildman–Crippen MR) is 105 cm³/mol. The maximum Gasteiger partial charge on any atom is 0.184 e. The van der Waals surface area contributed by atoms with Crippen molar-refractivity contribution in [2.45, 2.75) is 104 Å². The molecule has 7 atom stereocenters. The zero-order valence-corrected chi connectivity index (χ0v) is 17.9. The minimum Gasteiger partial charge on any atom is -0.415 e. The van der Waals surface area contributed by atoms with E-state index in [9.17, 15) is 0 Å². The molecule has 0 N–H and O–H groups in total. The van der Waals surface area contributed by atoms with E-state index in [-0.39, 0.29) is 0 Å². The van der Waals surface area contributed by atoms with E-state index in [2.05, 4.69) is 33.5 Å². The number of hydrogen-bond donors (Lipinski definition) is 0. The van der Waals surface area contributed by atoms with Gasteiger partial charge in [0, 0.05) is 6.10 Å². The molecule has 4 rings (SSSR count). The van der Waals surface area contributed by atoms with Gasteiger partial charge in [-0.1, -0.05) is 26.7 Å². The molecule has 4 aliphatic carbocycles. The summed E-state index contributed by atoms with van der Waals surface area (Å²) >= 11 is 0. The molecule has 0 spiro atoms. The molecule has 0 amide bonds. The van der Waals surface area contributed by atoms with Gasteiger partial charge in [-0.15, -0.1) is 0 Å². The van der Waals surface area contributed by atoms with Crippen LogP contribution in [0.15, 0.2) is 0 Å². The Morgan fingerprint density at radius 2 is 1.67 bits per heavy atom. The Labute approximate surface area is 151 Å². The van der Waals surface area contributed by atoms with E-state index < -0.39 is 8.32 Å². The van der Waals surface area contributed by atoms with Crippen molar-refractivity contribution in [3.8, 4) is 0 Å². The van der Waals surface area contributed by atoms with Gasteiger partial charge in [0.1, 0.15) is 0 Å². The topological polar surface area (TPSA) is 9.23 Å². The van der Waals surface area contributed by atoms with E-state index in [1.54, 1.807) is 0 Å². The van der Waals surface area contributed by atoms with Crippen LogP contribution in [0.2, 0.25) is 19.6 Å². The quantitative estimate of drug-likeness (QED) is 0.508. The van der Waals surface area contributed by atoms with Crippen molar-refractivity contribution in [1.82, 2.24) is 0 Å². The Morgan fingerprint density at radius 1 is 0.875 bits per heavy atom. The first-order valence-corrected chi connectivity index (χ1v) is 14.3. The fraction of sp³-hybridized carbons (Fsp3) is 1.00. The maximum atomic E-state index is 6.61. The molecular formula is C22H40OSi. The lowest BCUT2D eigenvalue weighted by atomic mass is 9.45. The molecule has 4 saturated carbocycles. The molecule has 0 radical (unpaired) electrons. The second-order valence-corrected chi connectivity index (χ2v) is 15.8. The average Bonchev–Trinajstić information content (AvgIpc) is 2.80. The Balaban J connectivity index is 1.55.